The molecular formula is C31H35N5O5S. The first-order chi connectivity index (χ1) is 20.6. The minimum Gasteiger partial charge on any atom is -0.497 e. The summed E-state index contributed by atoms with van der Waals surface area (Å²) in [6.07, 6.45) is 4.50. The third-order valence-corrected chi connectivity index (χ3v) is 9.01. The number of carbonyl (C=O) groups excluding carboxylic acids is 1. The highest BCUT2D eigenvalue weighted by Crippen LogP contribution is 2.37. The summed E-state index contributed by atoms with van der Waals surface area (Å²) in [5.41, 5.74) is 1.91. The van der Waals surface area contributed by atoms with Crippen molar-refractivity contribution >= 4 is 33.7 Å². The molecule has 4 aromatic rings. The fraction of sp³-hybridized carbons (Fsp3) is 0.419. The van der Waals surface area contributed by atoms with E-state index in [9.17, 15) is 9.59 Å². The molecule has 0 unspecified atom stereocenters. The van der Waals surface area contributed by atoms with Crippen molar-refractivity contribution in [3.63, 3.8) is 0 Å². The van der Waals surface area contributed by atoms with Gasteiger partial charge in [0.1, 0.15) is 23.1 Å². The van der Waals surface area contributed by atoms with Gasteiger partial charge in [-0.3, -0.25) is 14.3 Å². The molecule has 42 heavy (non-hydrogen) atoms. The van der Waals surface area contributed by atoms with Crippen LogP contribution in [0.15, 0.2) is 53.3 Å². The fourth-order valence-electron chi connectivity index (χ4n) is 5.73. The molecule has 1 amide bonds. The number of piperidine rings is 1. The van der Waals surface area contributed by atoms with Crippen LogP contribution in [0, 0.1) is 0 Å². The number of rotatable bonds is 8. The molecule has 0 aliphatic carbocycles. The van der Waals surface area contributed by atoms with E-state index in [0.717, 1.165) is 56.3 Å². The molecule has 0 spiro atoms. The Morgan fingerprint density at radius 1 is 0.976 bits per heavy atom. The normalized spacial score (nSPS) is 17.0. The van der Waals surface area contributed by atoms with Crippen LogP contribution >= 0.6 is 11.3 Å². The number of hydrogen-bond acceptors (Lipinski definition) is 9. The first kappa shape index (κ1) is 28.0. The smallest absolute Gasteiger partial charge is 0.410 e. The van der Waals surface area contributed by atoms with E-state index < -0.39 is 0 Å². The molecule has 0 N–H and O–H groups in total. The summed E-state index contributed by atoms with van der Waals surface area (Å²) in [5, 5.41) is 0.716. The van der Waals surface area contributed by atoms with Crippen molar-refractivity contribution < 1.29 is 19.0 Å². The number of ether oxygens (including phenoxy) is 3. The fourth-order valence-corrected chi connectivity index (χ4v) is 6.80. The lowest BCUT2D eigenvalue weighted by molar-refractivity contribution is 0.0920. The Morgan fingerprint density at radius 2 is 1.79 bits per heavy atom. The van der Waals surface area contributed by atoms with Crippen LogP contribution in [-0.4, -0.2) is 59.4 Å². The SMILES string of the molecule is COc1ccc(Cn2c(N3CCCCC3)nc3sc([C@H]4CCCN4C(=O)OCc4ccccc4)nc3c2=O)c(OC)c1. The van der Waals surface area contributed by atoms with Gasteiger partial charge in [0, 0.05) is 31.3 Å². The second kappa shape index (κ2) is 12.4. The van der Waals surface area contributed by atoms with Crippen LogP contribution in [0.5, 0.6) is 11.5 Å². The van der Waals surface area contributed by atoms with Crippen LogP contribution in [0.25, 0.3) is 10.3 Å². The molecule has 4 heterocycles. The summed E-state index contributed by atoms with van der Waals surface area (Å²) in [6.45, 7) is 2.76. The van der Waals surface area contributed by atoms with Crippen LogP contribution in [0.4, 0.5) is 10.7 Å². The monoisotopic (exact) mass is 589 g/mol. The Bertz CT molecular complexity index is 1620. The quantitative estimate of drug-likeness (QED) is 0.270. The number of anilines is 1. The molecule has 2 aliphatic rings. The Kier molecular flexibility index (Phi) is 8.27. The van der Waals surface area contributed by atoms with Gasteiger partial charge in [-0.05, 0) is 49.8 Å². The van der Waals surface area contributed by atoms with Crippen LogP contribution in [0.3, 0.4) is 0 Å². The summed E-state index contributed by atoms with van der Waals surface area (Å²) in [7, 11) is 3.22. The van der Waals surface area contributed by atoms with Crippen molar-refractivity contribution in [2.45, 2.75) is 51.3 Å². The number of amides is 1. The molecule has 2 aromatic heterocycles. The Balaban J connectivity index is 1.34. The third kappa shape index (κ3) is 5.65. The molecule has 0 radical (unpaired) electrons. The molecule has 6 rings (SSSR count). The van der Waals surface area contributed by atoms with Gasteiger partial charge >= 0.3 is 6.09 Å². The van der Waals surface area contributed by atoms with Gasteiger partial charge in [-0.2, -0.15) is 0 Å². The maximum atomic E-state index is 14.1. The highest BCUT2D eigenvalue weighted by Gasteiger charge is 2.34. The number of carbonyl (C=O) groups is 1. The zero-order valence-electron chi connectivity index (χ0n) is 24.0. The van der Waals surface area contributed by atoms with E-state index in [1.165, 1.54) is 11.3 Å². The summed E-state index contributed by atoms with van der Waals surface area (Å²) in [5.74, 6) is 1.96. The van der Waals surface area contributed by atoms with Gasteiger partial charge < -0.3 is 19.1 Å². The molecule has 11 heteroatoms. The number of methoxy groups -OCH3 is 2. The maximum Gasteiger partial charge on any atom is 0.410 e. The lowest BCUT2D eigenvalue weighted by atomic mass is 10.1. The molecule has 0 saturated carbocycles. The molecule has 0 bridgehead atoms. The molecule has 2 aliphatic heterocycles. The van der Waals surface area contributed by atoms with Crippen molar-refractivity contribution in [1.29, 1.82) is 0 Å². The number of aromatic nitrogens is 3. The average Bonchev–Trinajstić information content (AvgIpc) is 3.70. The Morgan fingerprint density at radius 3 is 2.55 bits per heavy atom. The number of hydrogen-bond donors (Lipinski definition) is 0. The zero-order valence-corrected chi connectivity index (χ0v) is 24.8. The van der Waals surface area contributed by atoms with Gasteiger partial charge in [-0.25, -0.2) is 14.8 Å². The van der Waals surface area contributed by atoms with Gasteiger partial charge in [0.15, 0.2) is 10.3 Å². The minimum absolute atomic E-state index is 0.197. The third-order valence-electron chi connectivity index (χ3n) is 7.96. The van der Waals surface area contributed by atoms with Crippen LogP contribution in [-0.2, 0) is 17.9 Å². The summed E-state index contributed by atoms with van der Waals surface area (Å²) >= 11 is 1.40. The topological polar surface area (TPSA) is 99.0 Å². The van der Waals surface area contributed by atoms with Crippen molar-refractivity contribution in [3.8, 4) is 11.5 Å². The number of likely N-dealkylation sites (tertiary alicyclic amines) is 1. The first-order valence-electron chi connectivity index (χ1n) is 14.4. The van der Waals surface area contributed by atoms with E-state index >= 15 is 0 Å². The van der Waals surface area contributed by atoms with Crippen molar-refractivity contribution in [1.82, 2.24) is 19.4 Å². The number of benzene rings is 2. The van der Waals surface area contributed by atoms with Gasteiger partial charge in [-0.15, -0.1) is 0 Å². The van der Waals surface area contributed by atoms with E-state index in [2.05, 4.69) is 4.90 Å². The highest BCUT2D eigenvalue weighted by molar-refractivity contribution is 7.18. The molecule has 10 nitrogen and oxygen atoms in total. The number of nitrogens with zero attached hydrogens (tertiary/aromatic N) is 5. The maximum absolute atomic E-state index is 14.1. The van der Waals surface area contributed by atoms with Crippen LogP contribution in [0.2, 0.25) is 0 Å². The van der Waals surface area contributed by atoms with Crippen molar-refractivity contribution in [2.75, 3.05) is 38.8 Å². The molecular weight excluding hydrogens is 554 g/mol. The minimum atomic E-state index is -0.369. The molecule has 2 saturated heterocycles. The summed E-state index contributed by atoms with van der Waals surface area (Å²) in [4.78, 5) is 41.5. The molecule has 220 valence electrons. The lowest BCUT2D eigenvalue weighted by Gasteiger charge is -2.29. The molecule has 2 aromatic carbocycles. The van der Waals surface area contributed by atoms with Crippen LogP contribution in [0.1, 0.15) is 54.3 Å². The number of thiazole rings is 1. The van der Waals surface area contributed by atoms with E-state index in [0.29, 0.717) is 39.3 Å². The second-order valence-corrected chi connectivity index (χ2v) is 11.6. The highest BCUT2D eigenvalue weighted by atomic mass is 32.1. The Hall–Kier alpha value is -4.12. The first-order valence-corrected chi connectivity index (χ1v) is 15.2. The predicted molar refractivity (Wildman–Crippen MR) is 162 cm³/mol. The standard InChI is InChI=1S/C31H35N5O5S/c1-39-23-14-13-22(25(18-23)40-2)19-36-29(37)26-28(33-30(36)34-15-7-4-8-16-34)42-27(32-26)24-12-9-17-35(24)31(38)41-20-21-10-5-3-6-11-21/h3,5-6,10-11,13-14,18,24H,4,7-9,12,15-17,19-20H2,1-2H3/t24-/m1/s1. The second-order valence-electron chi connectivity index (χ2n) is 10.6. The molecule has 1 atom stereocenters. The largest absolute Gasteiger partial charge is 0.497 e. The van der Waals surface area contributed by atoms with E-state index in [1.54, 1.807) is 23.7 Å². The van der Waals surface area contributed by atoms with Crippen LogP contribution < -0.4 is 19.9 Å². The summed E-state index contributed by atoms with van der Waals surface area (Å²) < 4.78 is 18.3. The molecule has 2 fully saturated rings. The summed E-state index contributed by atoms with van der Waals surface area (Å²) in [6, 6.07) is 15.0. The van der Waals surface area contributed by atoms with Crippen molar-refractivity contribution in [3.05, 3.63) is 75.0 Å². The van der Waals surface area contributed by atoms with E-state index in [4.69, 9.17) is 24.2 Å². The van der Waals surface area contributed by atoms with Crippen molar-refractivity contribution in [2.24, 2.45) is 0 Å². The van der Waals surface area contributed by atoms with Gasteiger partial charge in [0.2, 0.25) is 5.95 Å². The predicted octanol–water partition coefficient (Wildman–Crippen LogP) is 5.38. The van der Waals surface area contributed by atoms with E-state index in [1.807, 2.05) is 48.5 Å². The van der Waals surface area contributed by atoms with Gasteiger partial charge in [0.25, 0.3) is 5.56 Å². The zero-order chi connectivity index (χ0) is 29.1. The number of fused-ring (bicyclic) bond motifs is 1. The lowest BCUT2D eigenvalue weighted by Crippen LogP contribution is -2.36. The van der Waals surface area contributed by atoms with Gasteiger partial charge in [0.05, 0.1) is 26.8 Å². The van der Waals surface area contributed by atoms with Gasteiger partial charge in [-0.1, -0.05) is 41.7 Å². The average molecular weight is 590 g/mol. The van der Waals surface area contributed by atoms with E-state index in [-0.39, 0.29) is 30.8 Å². The Labute approximate surface area is 248 Å².